The van der Waals surface area contributed by atoms with Gasteiger partial charge in [-0.3, -0.25) is 4.79 Å². The summed E-state index contributed by atoms with van der Waals surface area (Å²) in [5.41, 5.74) is 0. The second-order valence-corrected chi connectivity index (χ2v) is 10.1. The molecule has 0 spiro atoms. The van der Waals surface area contributed by atoms with Gasteiger partial charge in [0, 0.05) is 32.7 Å². The third kappa shape index (κ3) is 19.6. The average molecular weight is 486 g/mol. The largest absolute Gasteiger partial charge is 0.463 e. The maximum atomic E-state index is 11.8. The van der Waals surface area contributed by atoms with E-state index in [-0.39, 0.29) is 18.4 Å². The van der Waals surface area contributed by atoms with Crippen molar-refractivity contribution < 1.29 is 23.7 Å². The van der Waals surface area contributed by atoms with Crippen LogP contribution in [0.15, 0.2) is 0 Å². The van der Waals surface area contributed by atoms with Gasteiger partial charge >= 0.3 is 5.97 Å². The Balaban J connectivity index is 1.79. The minimum absolute atomic E-state index is 0.0161. The number of ether oxygens (including phenoxy) is 4. The molecule has 0 amide bonds. The number of rotatable bonds is 24. The van der Waals surface area contributed by atoms with Crippen LogP contribution in [0, 0.1) is 0 Å². The molecule has 0 radical (unpaired) electrons. The Morgan fingerprint density at radius 2 is 1.38 bits per heavy atom. The predicted molar refractivity (Wildman–Crippen MR) is 139 cm³/mol. The monoisotopic (exact) mass is 485 g/mol. The Morgan fingerprint density at radius 3 is 2.00 bits per heavy atom. The molecule has 1 aliphatic heterocycles. The number of carbonyl (C=O) groups is 1. The van der Waals surface area contributed by atoms with Crippen LogP contribution in [0.25, 0.3) is 0 Å². The number of hydrogen-bond acceptors (Lipinski definition) is 6. The van der Waals surface area contributed by atoms with E-state index in [9.17, 15) is 4.79 Å². The van der Waals surface area contributed by atoms with Crippen LogP contribution in [0.2, 0.25) is 0 Å². The van der Waals surface area contributed by atoms with Crippen LogP contribution in [0.5, 0.6) is 0 Å². The molecule has 0 aromatic rings. The van der Waals surface area contributed by atoms with Gasteiger partial charge in [0.2, 0.25) is 0 Å². The lowest BCUT2D eigenvalue weighted by Gasteiger charge is -2.15. The maximum absolute atomic E-state index is 11.8. The number of hydrogen-bond donors (Lipinski definition) is 0. The lowest BCUT2D eigenvalue weighted by Crippen LogP contribution is -2.21. The molecule has 1 saturated heterocycles. The third-order valence-corrected chi connectivity index (χ3v) is 6.36. The Kier molecular flexibility index (Phi) is 21.0. The zero-order valence-corrected chi connectivity index (χ0v) is 22.7. The summed E-state index contributed by atoms with van der Waals surface area (Å²) in [5.74, 6) is -0.129. The molecule has 0 unspecified atom stereocenters. The first-order valence-corrected chi connectivity index (χ1v) is 14.3. The zero-order chi connectivity index (χ0) is 24.7. The number of unbranched alkanes of at least 4 members (excludes halogenated alkanes) is 11. The Labute approximate surface area is 210 Å². The first-order chi connectivity index (χ1) is 16.6. The highest BCUT2D eigenvalue weighted by atomic mass is 16.7. The zero-order valence-electron chi connectivity index (χ0n) is 22.7. The molecular weight excluding hydrogens is 430 g/mol. The molecule has 0 aliphatic carbocycles. The van der Waals surface area contributed by atoms with E-state index in [0.717, 1.165) is 52.0 Å². The Hall–Kier alpha value is -0.690. The van der Waals surface area contributed by atoms with Crippen molar-refractivity contribution in [3.05, 3.63) is 0 Å². The smallest absolute Gasteiger partial charge is 0.305 e. The van der Waals surface area contributed by atoms with Crippen LogP contribution in [0.3, 0.4) is 0 Å². The number of nitrogens with zero attached hydrogens (tertiary/aromatic N) is 1. The molecule has 1 rings (SSSR count). The van der Waals surface area contributed by atoms with Gasteiger partial charge in [0.25, 0.3) is 0 Å². The highest BCUT2D eigenvalue weighted by Crippen LogP contribution is 2.21. The second-order valence-electron chi connectivity index (χ2n) is 10.1. The highest BCUT2D eigenvalue weighted by Gasteiger charge is 2.26. The molecular formula is C28H55NO5. The molecule has 0 aromatic carbocycles. The minimum atomic E-state index is -0.131. The van der Waals surface area contributed by atoms with E-state index in [1.54, 1.807) is 0 Å². The van der Waals surface area contributed by atoms with Crippen molar-refractivity contribution in [1.82, 2.24) is 4.90 Å². The van der Waals surface area contributed by atoms with E-state index in [1.807, 2.05) is 14.1 Å². The standard InChI is InChI=1S/C28H55NO5/c1-4-5-6-7-11-14-22-31-23-15-12-9-8-10-13-16-24-32-28-20-19-26(34-28)25-33-27(30)18-17-21-29(2)3/h26,28H,4-25H2,1-3H3/t26-,28+/m0/s1. The summed E-state index contributed by atoms with van der Waals surface area (Å²) in [4.78, 5) is 13.8. The van der Waals surface area contributed by atoms with E-state index >= 15 is 0 Å². The second kappa shape index (κ2) is 22.8. The van der Waals surface area contributed by atoms with Gasteiger partial charge in [0.05, 0.1) is 6.10 Å². The molecule has 1 heterocycles. The van der Waals surface area contributed by atoms with Crippen molar-refractivity contribution in [3.8, 4) is 0 Å². The molecule has 0 N–H and O–H groups in total. The lowest BCUT2D eigenvalue weighted by molar-refractivity contribution is -0.160. The number of esters is 1. The van der Waals surface area contributed by atoms with Gasteiger partial charge in [-0.1, -0.05) is 71.1 Å². The molecule has 1 aliphatic rings. The normalized spacial score (nSPS) is 18.1. The fraction of sp³-hybridized carbons (Fsp3) is 0.964. The summed E-state index contributed by atoms with van der Waals surface area (Å²) in [6.07, 6.45) is 19.6. The lowest BCUT2D eigenvalue weighted by atomic mass is 10.1. The van der Waals surface area contributed by atoms with Gasteiger partial charge < -0.3 is 23.8 Å². The first-order valence-electron chi connectivity index (χ1n) is 14.3. The van der Waals surface area contributed by atoms with E-state index in [1.165, 1.54) is 77.0 Å². The van der Waals surface area contributed by atoms with Crippen molar-refractivity contribution in [1.29, 1.82) is 0 Å². The molecule has 1 fully saturated rings. The quantitative estimate of drug-likeness (QED) is 0.115. The van der Waals surface area contributed by atoms with Gasteiger partial charge in [-0.2, -0.15) is 0 Å². The molecule has 2 atom stereocenters. The van der Waals surface area contributed by atoms with Crippen LogP contribution in [0.1, 0.15) is 116 Å². The van der Waals surface area contributed by atoms with Gasteiger partial charge in [0.1, 0.15) is 6.61 Å². The molecule has 0 bridgehead atoms. The summed E-state index contributed by atoms with van der Waals surface area (Å²) in [6, 6.07) is 0. The molecule has 202 valence electrons. The molecule has 0 aromatic heterocycles. The van der Waals surface area contributed by atoms with E-state index in [4.69, 9.17) is 18.9 Å². The van der Waals surface area contributed by atoms with Gasteiger partial charge in [-0.25, -0.2) is 0 Å². The predicted octanol–water partition coefficient (Wildman–Crippen LogP) is 6.50. The first kappa shape index (κ1) is 31.3. The van der Waals surface area contributed by atoms with Crippen LogP contribution in [-0.4, -0.2) is 70.3 Å². The summed E-state index contributed by atoms with van der Waals surface area (Å²) in [5, 5.41) is 0. The van der Waals surface area contributed by atoms with Crippen molar-refractivity contribution in [2.24, 2.45) is 0 Å². The van der Waals surface area contributed by atoms with Gasteiger partial charge in [0.15, 0.2) is 6.29 Å². The van der Waals surface area contributed by atoms with E-state index in [2.05, 4.69) is 11.8 Å². The Bertz CT molecular complexity index is 460. The average Bonchev–Trinajstić information content (AvgIpc) is 3.27. The molecule has 6 heteroatoms. The summed E-state index contributed by atoms with van der Waals surface area (Å²) in [6.45, 7) is 6.15. The fourth-order valence-electron chi connectivity index (χ4n) is 4.21. The van der Waals surface area contributed by atoms with Crippen LogP contribution in [-0.2, 0) is 23.7 Å². The topological polar surface area (TPSA) is 57.2 Å². The van der Waals surface area contributed by atoms with E-state index < -0.39 is 0 Å². The number of carbonyl (C=O) groups excluding carboxylic acids is 1. The van der Waals surface area contributed by atoms with Crippen molar-refractivity contribution in [2.45, 2.75) is 128 Å². The summed E-state index contributed by atoms with van der Waals surface area (Å²) < 4.78 is 22.8. The van der Waals surface area contributed by atoms with Gasteiger partial charge in [-0.15, -0.1) is 0 Å². The third-order valence-electron chi connectivity index (χ3n) is 6.36. The highest BCUT2D eigenvalue weighted by molar-refractivity contribution is 5.69. The summed E-state index contributed by atoms with van der Waals surface area (Å²) in [7, 11) is 4.02. The van der Waals surface area contributed by atoms with E-state index in [0.29, 0.717) is 13.0 Å². The summed E-state index contributed by atoms with van der Waals surface area (Å²) >= 11 is 0. The Morgan fingerprint density at radius 1 is 0.794 bits per heavy atom. The molecule has 0 saturated carbocycles. The van der Waals surface area contributed by atoms with Gasteiger partial charge in [-0.05, 0) is 52.7 Å². The fourth-order valence-corrected chi connectivity index (χ4v) is 4.21. The minimum Gasteiger partial charge on any atom is -0.463 e. The molecule has 6 nitrogen and oxygen atoms in total. The van der Waals surface area contributed by atoms with Crippen LogP contribution >= 0.6 is 0 Å². The van der Waals surface area contributed by atoms with Crippen LogP contribution in [0.4, 0.5) is 0 Å². The van der Waals surface area contributed by atoms with Crippen LogP contribution < -0.4 is 0 Å². The van der Waals surface area contributed by atoms with Crippen molar-refractivity contribution in [3.63, 3.8) is 0 Å². The van der Waals surface area contributed by atoms with Crippen molar-refractivity contribution >= 4 is 5.97 Å². The maximum Gasteiger partial charge on any atom is 0.305 e. The molecule has 34 heavy (non-hydrogen) atoms. The van der Waals surface area contributed by atoms with Crippen molar-refractivity contribution in [2.75, 3.05) is 47.1 Å². The SMILES string of the molecule is CCCCCCCCOCCCCCCCCCO[C@H]1CC[C@@H](COC(=O)CCCN(C)C)O1.